The van der Waals surface area contributed by atoms with Crippen LogP contribution in [0.1, 0.15) is 51.4 Å². The van der Waals surface area contributed by atoms with E-state index >= 15 is 0 Å². The van der Waals surface area contributed by atoms with Crippen LogP contribution in [0.2, 0.25) is 0 Å². The third-order valence-corrected chi connectivity index (χ3v) is 6.03. The van der Waals surface area contributed by atoms with Gasteiger partial charge in [0, 0.05) is 24.7 Å². The largest absolute Gasteiger partial charge is 0.497 e. The predicted octanol–water partition coefficient (Wildman–Crippen LogP) is 3.80. The normalized spacial score (nSPS) is 20.9. The molecule has 1 N–H and O–H groups in total. The number of carbonyl (C=O) groups is 1. The number of hydrogen-bond donors (Lipinski definition) is 1. The fraction of sp³-hybridized carbons (Fsp3) is 0.591. The van der Waals surface area contributed by atoms with Crippen molar-refractivity contribution in [2.75, 3.05) is 25.1 Å². The van der Waals surface area contributed by atoms with Gasteiger partial charge >= 0.3 is 6.01 Å². The van der Waals surface area contributed by atoms with Crippen LogP contribution in [0.15, 0.2) is 28.8 Å². The maximum absolute atomic E-state index is 12.8. The number of carbonyl (C=O) groups excluding carboxylic acids is 1. The number of aromatic nitrogens is 2. The van der Waals surface area contributed by atoms with Crippen LogP contribution in [0.25, 0.3) is 11.4 Å². The molecule has 2 aromatic rings. The quantitative estimate of drug-likeness (QED) is 0.772. The summed E-state index contributed by atoms with van der Waals surface area (Å²) >= 11 is 0. The molecule has 1 saturated carbocycles. The maximum atomic E-state index is 12.8. The summed E-state index contributed by atoms with van der Waals surface area (Å²) in [4.78, 5) is 19.4. The molecular formula is C22H30N4O3. The van der Waals surface area contributed by atoms with Crippen LogP contribution in [-0.2, 0) is 4.79 Å². The molecule has 2 fully saturated rings. The summed E-state index contributed by atoms with van der Waals surface area (Å²) in [5.74, 6) is 1.49. The monoisotopic (exact) mass is 398 g/mol. The molecule has 4 rings (SSSR count). The van der Waals surface area contributed by atoms with Gasteiger partial charge in [0.25, 0.3) is 0 Å². The second kappa shape index (κ2) is 9.29. The van der Waals surface area contributed by atoms with Crippen LogP contribution in [0.5, 0.6) is 5.75 Å². The number of piperidine rings is 1. The van der Waals surface area contributed by atoms with Crippen LogP contribution in [-0.4, -0.2) is 42.3 Å². The van der Waals surface area contributed by atoms with E-state index in [1.54, 1.807) is 7.11 Å². The van der Waals surface area contributed by atoms with Crippen LogP contribution in [0.4, 0.5) is 6.01 Å². The molecule has 0 radical (unpaired) electrons. The predicted molar refractivity (Wildman–Crippen MR) is 111 cm³/mol. The number of nitrogens with one attached hydrogen (secondary N) is 1. The number of methoxy groups -OCH3 is 1. The Labute approximate surface area is 171 Å². The van der Waals surface area contributed by atoms with Crippen molar-refractivity contribution in [1.29, 1.82) is 0 Å². The van der Waals surface area contributed by atoms with Crippen molar-refractivity contribution >= 4 is 11.9 Å². The number of hydrogen-bond acceptors (Lipinski definition) is 6. The van der Waals surface area contributed by atoms with Gasteiger partial charge in [0.05, 0.1) is 13.0 Å². The molecule has 1 aliphatic heterocycles. The van der Waals surface area contributed by atoms with Crippen LogP contribution >= 0.6 is 0 Å². The molecule has 2 heterocycles. The van der Waals surface area contributed by atoms with E-state index in [1.165, 1.54) is 25.7 Å². The van der Waals surface area contributed by atoms with Gasteiger partial charge in [-0.15, -0.1) is 0 Å². The molecular weight excluding hydrogens is 368 g/mol. The molecule has 1 aromatic carbocycles. The van der Waals surface area contributed by atoms with E-state index in [0.29, 0.717) is 24.4 Å². The van der Waals surface area contributed by atoms with Gasteiger partial charge in [-0.3, -0.25) is 4.79 Å². The molecule has 0 spiro atoms. The Bertz CT molecular complexity index is 797. The van der Waals surface area contributed by atoms with E-state index in [2.05, 4.69) is 15.5 Å². The Morgan fingerprint density at radius 2 is 1.86 bits per heavy atom. The third-order valence-electron chi connectivity index (χ3n) is 6.03. The second-order valence-electron chi connectivity index (χ2n) is 8.11. The van der Waals surface area contributed by atoms with E-state index in [0.717, 1.165) is 43.5 Å². The summed E-state index contributed by atoms with van der Waals surface area (Å²) in [5, 5.41) is 7.42. The molecule has 0 bridgehead atoms. The highest BCUT2D eigenvalue weighted by Crippen LogP contribution is 2.26. The van der Waals surface area contributed by atoms with Crippen molar-refractivity contribution < 1.29 is 14.1 Å². The first-order valence-electron chi connectivity index (χ1n) is 10.8. The van der Waals surface area contributed by atoms with Gasteiger partial charge in [0.1, 0.15) is 5.75 Å². The number of amides is 1. The molecule has 1 atom stereocenters. The fourth-order valence-corrected chi connectivity index (χ4v) is 4.31. The molecule has 156 valence electrons. The van der Waals surface area contributed by atoms with E-state index < -0.39 is 0 Å². The van der Waals surface area contributed by atoms with Gasteiger partial charge in [-0.05, 0) is 49.9 Å². The zero-order chi connectivity index (χ0) is 20.1. The molecule has 1 aromatic heterocycles. The number of ether oxygens (including phenoxy) is 1. The van der Waals surface area contributed by atoms with Gasteiger partial charge in [0.2, 0.25) is 11.7 Å². The topological polar surface area (TPSA) is 80.5 Å². The lowest BCUT2D eigenvalue weighted by Gasteiger charge is -2.31. The van der Waals surface area contributed by atoms with Crippen molar-refractivity contribution in [3.63, 3.8) is 0 Å². The molecule has 1 amide bonds. The van der Waals surface area contributed by atoms with Crippen molar-refractivity contribution in [3.8, 4) is 17.1 Å². The van der Waals surface area contributed by atoms with Crippen molar-refractivity contribution in [1.82, 2.24) is 15.5 Å². The van der Waals surface area contributed by atoms with Crippen molar-refractivity contribution in [2.45, 2.75) is 57.4 Å². The number of anilines is 1. The second-order valence-corrected chi connectivity index (χ2v) is 8.11. The minimum absolute atomic E-state index is 0.0247. The first kappa shape index (κ1) is 19.7. The first-order valence-corrected chi connectivity index (χ1v) is 10.8. The van der Waals surface area contributed by atoms with Gasteiger partial charge in [-0.1, -0.05) is 30.8 Å². The molecule has 1 saturated heterocycles. The molecule has 29 heavy (non-hydrogen) atoms. The summed E-state index contributed by atoms with van der Waals surface area (Å²) in [6, 6.07) is 8.40. The highest BCUT2D eigenvalue weighted by atomic mass is 16.5. The third kappa shape index (κ3) is 4.89. The SMILES string of the molecule is COc1ccc(-c2noc(N3CCC[C@@H](C(=O)NC4CCCCCC4)C3)n2)cc1. The molecule has 0 unspecified atom stereocenters. The summed E-state index contributed by atoms with van der Waals surface area (Å²) in [6.07, 6.45) is 9.09. The van der Waals surface area contributed by atoms with Crippen LogP contribution in [0, 0.1) is 5.92 Å². The van der Waals surface area contributed by atoms with Crippen LogP contribution in [0.3, 0.4) is 0 Å². The number of rotatable bonds is 5. The van der Waals surface area contributed by atoms with E-state index in [4.69, 9.17) is 9.26 Å². The smallest absolute Gasteiger partial charge is 0.324 e. The Morgan fingerprint density at radius 1 is 1.10 bits per heavy atom. The molecule has 2 aliphatic rings. The Kier molecular flexibility index (Phi) is 6.32. The highest BCUT2D eigenvalue weighted by molar-refractivity contribution is 5.79. The van der Waals surface area contributed by atoms with Gasteiger partial charge in [0.15, 0.2) is 0 Å². The molecule has 7 nitrogen and oxygen atoms in total. The lowest BCUT2D eigenvalue weighted by Crippen LogP contribution is -2.46. The number of benzene rings is 1. The summed E-state index contributed by atoms with van der Waals surface area (Å²) in [5.41, 5.74) is 0.875. The van der Waals surface area contributed by atoms with Crippen molar-refractivity contribution in [2.24, 2.45) is 5.92 Å². The molecule has 1 aliphatic carbocycles. The summed E-state index contributed by atoms with van der Waals surface area (Å²) in [6.45, 7) is 1.46. The molecule has 7 heteroatoms. The maximum Gasteiger partial charge on any atom is 0.324 e. The zero-order valence-corrected chi connectivity index (χ0v) is 17.1. The van der Waals surface area contributed by atoms with Crippen molar-refractivity contribution in [3.05, 3.63) is 24.3 Å². The highest BCUT2D eigenvalue weighted by Gasteiger charge is 2.30. The van der Waals surface area contributed by atoms with Crippen LogP contribution < -0.4 is 15.0 Å². The zero-order valence-electron chi connectivity index (χ0n) is 17.1. The fourth-order valence-electron chi connectivity index (χ4n) is 4.31. The minimum atomic E-state index is -0.0247. The summed E-state index contributed by atoms with van der Waals surface area (Å²) < 4.78 is 10.7. The standard InChI is InChI=1S/C22H30N4O3/c1-28-19-12-10-16(11-13-19)20-24-22(29-25-20)26-14-6-7-17(15-26)21(27)23-18-8-4-2-3-5-9-18/h10-13,17-18H,2-9,14-15H2,1H3,(H,23,27)/t17-/m1/s1. The summed E-state index contributed by atoms with van der Waals surface area (Å²) in [7, 11) is 1.64. The Balaban J connectivity index is 1.37. The first-order chi connectivity index (χ1) is 14.2. The van der Waals surface area contributed by atoms with Gasteiger partial charge in [-0.2, -0.15) is 4.98 Å². The average molecular weight is 399 g/mol. The van der Waals surface area contributed by atoms with E-state index in [9.17, 15) is 4.79 Å². The lowest BCUT2D eigenvalue weighted by atomic mass is 9.96. The van der Waals surface area contributed by atoms with E-state index in [-0.39, 0.29) is 11.8 Å². The minimum Gasteiger partial charge on any atom is -0.497 e. The lowest BCUT2D eigenvalue weighted by molar-refractivity contribution is -0.126. The average Bonchev–Trinajstić information content (AvgIpc) is 3.12. The number of nitrogens with zero attached hydrogens (tertiary/aromatic N) is 3. The Morgan fingerprint density at radius 3 is 2.59 bits per heavy atom. The van der Waals surface area contributed by atoms with Gasteiger partial charge < -0.3 is 19.5 Å². The Hall–Kier alpha value is -2.57. The van der Waals surface area contributed by atoms with Gasteiger partial charge in [-0.25, -0.2) is 0 Å². The van der Waals surface area contributed by atoms with E-state index in [1.807, 2.05) is 29.2 Å².